The van der Waals surface area contributed by atoms with Gasteiger partial charge in [0, 0.05) is 18.5 Å². The molecule has 2 aliphatic rings. The van der Waals surface area contributed by atoms with Crippen molar-refractivity contribution in [3.05, 3.63) is 73.9 Å². The van der Waals surface area contributed by atoms with Crippen molar-refractivity contribution in [3.63, 3.8) is 0 Å². The van der Waals surface area contributed by atoms with Crippen LogP contribution in [0.3, 0.4) is 0 Å². The number of halogens is 1. The fourth-order valence-electron chi connectivity index (χ4n) is 5.57. The van der Waals surface area contributed by atoms with Crippen LogP contribution < -0.4 is 21.3 Å². The van der Waals surface area contributed by atoms with Crippen LogP contribution in [0, 0.1) is 5.92 Å². The van der Waals surface area contributed by atoms with Gasteiger partial charge in [-0.1, -0.05) is 12.1 Å². The number of aromatic nitrogens is 2. The fraction of sp³-hybridized carbons (Fsp3) is 0.400. The van der Waals surface area contributed by atoms with E-state index >= 15 is 0 Å². The van der Waals surface area contributed by atoms with Crippen LogP contribution in [-0.2, 0) is 17.7 Å². The summed E-state index contributed by atoms with van der Waals surface area (Å²) in [4.78, 5) is 40.3. The Morgan fingerprint density at radius 2 is 2.00 bits per heavy atom. The lowest BCUT2D eigenvalue weighted by molar-refractivity contribution is 0.0601. The Hall–Kier alpha value is -3.10. The molecule has 3 aromatic rings. The monoisotopic (exact) mass is 485 g/mol. The highest BCUT2D eigenvalue weighted by atomic mass is 35.5. The minimum absolute atomic E-state index is 0. The highest BCUT2D eigenvalue weighted by molar-refractivity contribution is 5.93. The summed E-state index contributed by atoms with van der Waals surface area (Å²) < 4.78 is 11.6. The summed E-state index contributed by atoms with van der Waals surface area (Å²) in [5, 5.41) is 4.00. The molecule has 0 spiro atoms. The highest BCUT2D eigenvalue weighted by Crippen LogP contribution is 2.45. The summed E-state index contributed by atoms with van der Waals surface area (Å²) in [5.74, 6) is 1.29. The molecule has 2 heterocycles. The Labute approximate surface area is 202 Å². The molecular weight excluding hydrogens is 458 g/mol. The van der Waals surface area contributed by atoms with E-state index in [9.17, 15) is 14.4 Å². The summed E-state index contributed by atoms with van der Waals surface area (Å²) in [6.07, 6.45) is 2.76. The fourth-order valence-corrected chi connectivity index (χ4v) is 5.57. The predicted molar refractivity (Wildman–Crippen MR) is 131 cm³/mol. The maximum atomic E-state index is 13.1. The number of rotatable bonds is 5. The third kappa shape index (κ3) is 4.01. The first-order valence-corrected chi connectivity index (χ1v) is 11.3. The van der Waals surface area contributed by atoms with Crippen LogP contribution in [0.1, 0.15) is 40.2 Å². The summed E-state index contributed by atoms with van der Waals surface area (Å²) in [6, 6.07) is 11.0. The van der Waals surface area contributed by atoms with Gasteiger partial charge in [0.2, 0.25) is 0 Å². The van der Waals surface area contributed by atoms with Crippen molar-refractivity contribution in [1.29, 1.82) is 0 Å². The number of esters is 1. The average molecular weight is 486 g/mol. The number of fused-ring (bicyclic) bond motifs is 4. The molecular formula is C25H28ClN3O5. The van der Waals surface area contributed by atoms with E-state index in [1.54, 1.807) is 13.2 Å². The summed E-state index contributed by atoms with van der Waals surface area (Å²) >= 11 is 0. The van der Waals surface area contributed by atoms with Crippen LogP contribution in [0.2, 0.25) is 0 Å². The van der Waals surface area contributed by atoms with Crippen molar-refractivity contribution in [2.45, 2.75) is 37.8 Å². The molecule has 2 aromatic carbocycles. The number of H-pyrrole nitrogens is 1. The molecule has 3 atom stereocenters. The maximum absolute atomic E-state index is 13.1. The first-order valence-electron chi connectivity index (χ1n) is 11.3. The first-order chi connectivity index (χ1) is 16.0. The lowest BCUT2D eigenvalue weighted by Crippen LogP contribution is -2.38. The number of nitrogens with one attached hydrogen (secondary N) is 2. The Kier molecular flexibility index (Phi) is 6.81. The standard InChI is InChI=1S/C25H27N3O5.ClH/c1-32-21-5-3-4-17-16(21)8-7-15-13-26-19(22(15)17)10-11-28-23(29)18-9-6-14(24(30)33-2)12-20(18)27-25(28)31;/h3-6,9,12,15,19,22,26H,7-8,10-11,13H2,1-2H3,(H,27,31);1H. The maximum Gasteiger partial charge on any atom is 0.337 e. The van der Waals surface area contributed by atoms with Gasteiger partial charge in [0.1, 0.15) is 5.75 Å². The Bertz CT molecular complexity index is 1350. The molecule has 1 saturated heterocycles. The van der Waals surface area contributed by atoms with E-state index in [-0.39, 0.29) is 29.6 Å². The van der Waals surface area contributed by atoms with E-state index in [0.717, 1.165) is 25.1 Å². The number of hydrogen-bond donors (Lipinski definition) is 2. The lowest BCUT2D eigenvalue weighted by atomic mass is 9.73. The number of benzene rings is 2. The molecule has 34 heavy (non-hydrogen) atoms. The van der Waals surface area contributed by atoms with Gasteiger partial charge >= 0.3 is 11.7 Å². The Morgan fingerprint density at radius 3 is 2.76 bits per heavy atom. The van der Waals surface area contributed by atoms with Crippen molar-refractivity contribution in [3.8, 4) is 5.75 Å². The second-order valence-corrected chi connectivity index (χ2v) is 8.79. The van der Waals surface area contributed by atoms with Crippen molar-refractivity contribution in [2.24, 2.45) is 5.92 Å². The van der Waals surface area contributed by atoms with Crippen molar-refractivity contribution < 1.29 is 14.3 Å². The second kappa shape index (κ2) is 9.64. The topological polar surface area (TPSA) is 102 Å². The normalized spacial score (nSPS) is 20.8. The molecule has 180 valence electrons. The largest absolute Gasteiger partial charge is 0.496 e. The van der Waals surface area contributed by atoms with Crippen LogP contribution in [-0.4, -0.2) is 42.3 Å². The quantitative estimate of drug-likeness (QED) is 0.538. The molecule has 1 aliphatic carbocycles. The average Bonchev–Trinajstić information content (AvgIpc) is 3.26. The minimum atomic E-state index is -0.520. The Balaban J connectivity index is 0.00000274. The van der Waals surface area contributed by atoms with E-state index in [1.807, 2.05) is 12.1 Å². The number of aromatic amines is 1. The number of methoxy groups -OCH3 is 2. The zero-order chi connectivity index (χ0) is 23.1. The van der Waals surface area contributed by atoms with Crippen LogP contribution >= 0.6 is 12.4 Å². The van der Waals surface area contributed by atoms with Gasteiger partial charge in [0.25, 0.3) is 5.56 Å². The van der Waals surface area contributed by atoms with Gasteiger partial charge in [0.05, 0.1) is 30.7 Å². The molecule has 1 aromatic heterocycles. The third-order valence-corrected chi connectivity index (χ3v) is 7.16. The number of ether oxygens (including phenoxy) is 2. The van der Waals surface area contributed by atoms with Crippen molar-refractivity contribution in [2.75, 3.05) is 20.8 Å². The van der Waals surface area contributed by atoms with Gasteiger partial charge in [-0.3, -0.25) is 9.36 Å². The molecule has 0 saturated carbocycles. The molecule has 0 radical (unpaired) electrons. The van der Waals surface area contributed by atoms with Crippen molar-refractivity contribution >= 4 is 29.3 Å². The summed E-state index contributed by atoms with van der Waals surface area (Å²) in [7, 11) is 2.99. The second-order valence-electron chi connectivity index (χ2n) is 8.79. The molecule has 9 heteroatoms. The molecule has 1 fully saturated rings. The van der Waals surface area contributed by atoms with E-state index in [4.69, 9.17) is 9.47 Å². The number of nitrogens with zero attached hydrogens (tertiary/aromatic N) is 1. The van der Waals surface area contributed by atoms with Gasteiger partial charge in [-0.05, 0) is 67.1 Å². The van der Waals surface area contributed by atoms with Crippen LogP contribution in [0.15, 0.2) is 46.0 Å². The van der Waals surface area contributed by atoms with Gasteiger partial charge in [-0.15, -0.1) is 12.4 Å². The third-order valence-electron chi connectivity index (χ3n) is 7.16. The molecule has 0 amide bonds. The minimum Gasteiger partial charge on any atom is -0.496 e. The number of carbonyl (C=O) groups is 1. The van der Waals surface area contributed by atoms with E-state index in [0.29, 0.717) is 35.7 Å². The van der Waals surface area contributed by atoms with Gasteiger partial charge < -0.3 is 19.8 Å². The SMILES string of the molecule is COC(=O)c1ccc2c(=O)n(CCC3NCC4CCc5c(OC)cccc5C43)c(=O)[nH]c2c1.Cl. The van der Waals surface area contributed by atoms with Crippen LogP contribution in [0.25, 0.3) is 10.9 Å². The first kappa shape index (κ1) is 24.0. The zero-order valence-corrected chi connectivity index (χ0v) is 19.9. The smallest absolute Gasteiger partial charge is 0.337 e. The van der Waals surface area contributed by atoms with Crippen LogP contribution in [0.5, 0.6) is 5.75 Å². The van der Waals surface area contributed by atoms with Crippen molar-refractivity contribution in [1.82, 2.24) is 14.9 Å². The highest BCUT2D eigenvalue weighted by Gasteiger charge is 2.40. The summed E-state index contributed by atoms with van der Waals surface area (Å²) in [5.41, 5.74) is 2.37. The van der Waals surface area contributed by atoms with E-state index in [1.165, 1.54) is 34.9 Å². The van der Waals surface area contributed by atoms with Gasteiger partial charge in [0.15, 0.2) is 0 Å². The molecule has 0 bridgehead atoms. The molecule has 3 unspecified atom stereocenters. The molecule has 2 N–H and O–H groups in total. The van der Waals surface area contributed by atoms with Crippen LogP contribution in [0.4, 0.5) is 0 Å². The molecule has 5 rings (SSSR count). The number of carbonyl (C=O) groups excluding carboxylic acids is 1. The summed E-state index contributed by atoms with van der Waals surface area (Å²) in [6.45, 7) is 1.24. The molecule has 1 aliphatic heterocycles. The van der Waals surface area contributed by atoms with Gasteiger partial charge in [-0.2, -0.15) is 0 Å². The number of hydrogen-bond acceptors (Lipinski definition) is 6. The predicted octanol–water partition coefficient (Wildman–Crippen LogP) is 2.61. The lowest BCUT2D eigenvalue weighted by Gasteiger charge is -2.32. The zero-order valence-electron chi connectivity index (χ0n) is 19.1. The molecule has 8 nitrogen and oxygen atoms in total. The van der Waals surface area contributed by atoms with Gasteiger partial charge in [-0.25, -0.2) is 9.59 Å². The van der Waals surface area contributed by atoms with E-state index in [2.05, 4.69) is 16.4 Å². The Morgan fingerprint density at radius 1 is 1.18 bits per heavy atom. The van der Waals surface area contributed by atoms with E-state index < -0.39 is 11.7 Å².